The van der Waals surface area contributed by atoms with Crippen molar-refractivity contribution >= 4 is 27.6 Å². The van der Waals surface area contributed by atoms with Crippen LogP contribution < -0.4 is 4.31 Å². The van der Waals surface area contributed by atoms with Crippen LogP contribution in [-0.4, -0.2) is 50.9 Å². The second kappa shape index (κ2) is 10.4. The summed E-state index contributed by atoms with van der Waals surface area (Å²) in [5, 5.41) is 0. The molecular weight excluding hydrogens is 440 g/mol. The van der Waals surface area contributed by atoms with Crippen molar-refractivity contribution in [3.8, 4) is 0 Å². The van der Waals surface area contributed by atoms with Gasteiger partial charge in [0, 0.05) is 19.6 Å². The van der Waals surface area contributed by atoms with E-state index in [-0.39, 0.29) is 22.4 Å². The van der Waals surface area contributed by atoms with Gasteiger partial charge in [-0.25, -0.2) is 13.2 Å². The number of aryl methyl sites for hydroxylation is 1. The zero-order valence-electron chi connectivity index (χ0n) is 19.7. The minimum absolute atomic E-state index is 0.0268. The highest BCUT2D eigenvalue weighted by Crippen LogP contribution is 2.24. The summed E-state index contributed by atoms with van der Waals surface area (Å²) in [5.41, 5.74) is 1.62. The monoisotopic (exact) mass is 472 g/mol. The lowest BCUT2D eigenvalue weighted by Gasteiger charge is -2.36. The Morgan fingerprint density at radius 2 is 1.85 bits per heavy atom. The summed E-state index contributed by atoms with van der Waals surface area (Å²) in [4.78, 5) is 27.4. The number of piperidine rings is 1. The molecule has 0 aliphatic carbocycles. The van der Waals surface area contributed by atoms with Crippen LogP contribution >= 0.6 is 0 Å². The summed E-state index contributed by atoms with van der Waals surface area (Å²) in [6, 6.07) is 13.0. The van der Waals surface area contributed by atoms with Crippen LogP contribution in [0.2, 0.25) is 0 Å². The molecule has 0 spiro atoms. The van der Waals surface area contributed by atoms with Gasteiger partial charge in [-0.15, -0.1) is 0 Å². The molecule has 0 N–H and O–H groups in total. The van der Waals surface area contributed by atoms with Crippen LogP contribution in [0, 0.1) is 6.92 Å². The average Bonchev–Trinajstić information content (AvgIpc) is 2.83. The molecule has 8 heteroatoms. The summed E-state index contributed by atoms with van der Waals surface area (Å²) in [5.74, 6) is -0.936. The number of anilines is 1. The Balaban J connectivity index is 1.75. The van der Waals surface area contributed by atoms with E-state index in [1.165, 1.54) is 35.6 Å². The van der Waals surface area contributed by atoms with Gasteiger partial charge in [0.2, 0.25) is 0 Å². The first-order valence-electron chi connectivity index (χ1n) is 11.3. The molecule has 1 heterocycles. The van der Waals surface area contributed by atoms with E-state index >= 15 is 0 Å². The molecule has 2 aromatic rings. The molecule has 178 valence electrons. The molecule has 1 fully saturated rings. The van der Waals surface area contributed by atoms with Crippen LogP contribution in [0.5, 0.6) is 0 Å². The van der Waals surface area contributed by atoms with Crippen LogP contribution in [0.1, 0.15) is 55.5 Å². The van der Waals surface area contributed by atoms with E-state index in [0.29, 0.717) is 12.2 Å². The zero-order valence-corrected chi connectivity index (χ0v) is 20.5. The number of amides is 1. The van der Waals surface area contributed by atoms with E-state index in [9.17, 15) is 18.0 Å². The third kappa shape index (κ3) is 5.55. The number of hydrogen-bond acceptors (Lipinski definition) is 5. The summed E-state index contributed by atoms with van der Waals surface area (Å²) in [6.45, 7) is 6.20. The fourth-order valence-electron chi connectivity index (χ4n) is 4.06. The number of likely N-dealkylation sites (tertiary alicyclic amines) is 1. The minimum Gasteiger partial charge on any atom is -0.449 e. The topological polar surface area (TPSA) is 84.0 Å². The molecule has 1 aliphatic heterocycles. The second-order valence-electron chi connectivity index (χ2n) is 8.47. The van der Waals surface area contributed by atoms with E-state index < -0.39 is 22.1 Å². The molecule has 0 saturated carbocycles. The number of carbonyl (C=O) groups is 2. The maximum absolute atomic E-state index is 13.1. The summed E-state index contributed by atoms with van der Waals surface area (Å²) in [7, 11) is -2.42. The number of benzene rings is 2. The Morgan fingerprint density at radius 1 is 1.15 bits per heavy atom. The van der Waals surface area contributed by atoms with Gasteiger partial charge in [0.25, 0.3) is 15.9 Å². The third-order valence-electron chi connectivity index (χ3n) is 6.14. The number of nitrogens with zero attached hydrogens (tertiary/aromatic N) is 2. The van der Waals surface area contributed by atoms with Gasteiger partial charge in [-0.05, 0) is 69.9 Å². The molecule has 1 saturated heterocycles. The van der Waals surface area contributed by atoms with Crippen molar-refractivity contribution in [2.75, 3.05) is 17.9 Å². The molecule has 0 bridgehead atoms. The molecule has 7 nitrogen and oxygen atoms in total. The smallest absolute Gasteiger partial charge is 0.338 e. The number of ether oxygens (including phenoxy) is 1. The highest BCUT2D eigenvalue weighted by Gasteiger charge is 2.31. The van der Waals surface area contributed by atoms with Gasteiger partial charge in [0.05, 0.1) is 16.1 Å². The fourth-order valence-corrected chi connectivity index (χ4v) is 5.30. The van der Waals surface area contributed by atoms with Crippen molar-refractivity contribution < 1.29 is 22.7 Å². The lowest BCUT2D eigenvalue weighted by atomic mass is 9.99. The SMILES string of the molecule is CCC1CCCCN1C(=O)C(C)OC(=O)c1cccc(S(=O)(=O)N(C)c2ccc(C)cc2)c1. The molecule has 0 aromatic heterocycles. The minimum atomic E-state index is -3.88. The van der Waals surface area contributed by atoms with Gasteiger partial charge in [-0.3, -0.25) is 9.10 Å². The molecular formula is C25H32N2O5S. The highest BCUT2D eigenvalue weighted by atomic mass is 32.2. The summed E-state index contributed by atoms with van der Waals surface area (Å²) >= 11 is 0. The van der Waals surface area contributed by atoms with Crippen LogP contribution in [0.4, 0.5) is 5.69 Å². The van der Waals surface area contributed by atoms with E-state index in [1.54, 1.807) is 24.0 Å². The Morgan fingerprint density at radius 3 is 2.52 bits per heavy atom. The normalized spacial score (nSPS) is 17.3. The van der Waals surface area contributed by atoms with E-state index in [1.807, 2.05) is 26.0 Å². The second-order valence-corrected chi connectivity index (χ2v) is 10.4. The lowest BCUT2D eigenvalue weighted by molar-refractivity contribution is -0.143. The molecule has 0 radical (unpaired) electrons. The highest BCUT2D eigenvalue weighted by molar-refractivity contribution is 7.92. The Hall–Kier alpha value is -2.87. The molecule has 2 aromatic carbocycles. The Kier molecular flexibility index (Phi) is 7.79. The first-order chi connectivity index (χ1) is 15.6. The van der Waals surface area contributed by atoms with Crippen molar-refractivity contribution in [3.05, 3.63) is 59.7 Å². The largest absolute Gasteiger partial charge is 0.449 e. The number of hydrogen-bond donors (Lipinski definition) is 0. The van der Waals surface area contributed by atoms with Crippen molar-refractivity contribution in [2.24, 2.45) is 0 Å². The number of sulfonamides is 1. The van der Waals surface area contributed by atoms with Crippen LogP contribution in [0.25, 0.3) is 0 Å². The fraction of sp³-hybridized carbons (Fsp3) is 0.440. The molecule has 2 atom stereocenters. The maximum atomic E-state index is 13.1. The third-order valence-corrected chi connectivity index (χ3v) is 7.92. The van der Waals surface area contributed by atoms with Gasteiger partial charge in [-0.2, -0.15) is 0 Å². The summed E-state index contributed by atoms with van der Waals surface area (Å²) < 4.78 is 32.8. The number of rotatable bonds is 7. The molecule has 1 aliphatic rings. The summed E-state index contributed by atoms with van der Waals surface area (Å²) in [6.07, 6.45) is 2.91. The van der Waals surface area contributed by atoms with Crippen LogP contribution in [0.3, 0.4) is 0 Å². The number of esters is 1. The quantitative estimate of drug-likeness (QED) is 0.565. The molecule has 33 heavy (non-hydrogen) atoms. The van der Waals surface area contributed by atoms with Crippen LogP contribution in [0.15, 0.2) is 53.4 Å². The lowest BCUT2D eigenvalue weighted by Crippen LogP contribution is -2.48. The van der Waals surface area contributed by atoms with Crippen LogP contribution in [-0.2, 0) is 19.6 Å². The average molecular weight is 473 g/mol. The first-order valence-corrected chi connectivity index (χ1v) is 12.8. The van der Waals surface area contributed by atoms with E-state index in [2.05, 4.69) is 0 Å². The number of carbonyl (C=O) groups excluding carboxylic acids is 2. The van der Waals surface area contributed by atoms with E-state index in [0.717, 1.165) is 31.2 Å². The van der Waals surface area contributed by atoms with Gasteiger partial charge >= 0.3 is 5.97 Å². The van der Waals surface area contributed by atoms with E-state index in [4.69, 9.17) is 4.74 Å². The van der Waals surface area contributed by atoms with Gasteiger partial charge in [0.1, 0.15) is 0 Å². The predicted octanol–water partition coefficient (Wildman–Crippen LogP) is 4.16. The zero-order chi connectivity index (χ0) is 24.2. The molecule has 1 amide bonds. The molecule has 3 rings (SSSR count). The Bertz CT molecular complexity index is 1100. The van der Waals surface area contributed by atoms with Gasteiger partial charge < -0.3 is 9.64 Å². The molecule has 2 unspecified atom stereocenters. The first kappa shape index (κ1) is 24.8. The van der Waals surface area contributed by atoms with Crippen molar-refractivity contribution in [3.63, 3.8) is 0 Å². The standard InChI is InChI=1S/C25H32N2O5S/c1-5-21-10-6-7-16-27(21)24(28)19(3)32-25(29)20-9-8-11-23(17-20)33(30,31)26(4)22-14-12-18(2)13-15-22/h8-9,11-15,17,19,21H,5-7,10,16H2,1-4H3. The van der Waals surface area contributed by atoms with Gasteiger partial charge in [-0.1, -0.05) is 30.7 Å². The Labute approximate surface area is 196 Å². The maximum Gasteiger partial charge on any atom is 0.338 e. The van der Waals surface area contributed by atoms with Crippen molar-refractivity contribution in [1.82, 2.24) is 4.90 Å². The van der Waals surface area contributed by atoms with Crippen molar-refractivity contribution in [1.29, 1.82) is 0 Å². The van der Waals surface area contributed by atoms with Crippen molar-refractivity contribution in [2.45, 2.75) is 63.5 Å². The predicted molar refractivity (Wildman–Crippen MR) is 128 cm³/mol. The van der Waals surface area contributed by atoms with Gasteiger partial charge in [0.15, 0.2) is 6.10 Å².